The Morgan fingerprint density at radius 2 is 2.04 bits per heavy atom. The highest BCUT2D eigenvalue weighted by Gasteiger charge is 2.04. The van der Waals surface area contributed by atoms with E-state index in [-0.39, 0.29) is 5.91 Å². The predicted molar refractivity (Wildman–Crippen MR) is 118 cm³/mol. The second kappa shape index (κ2) is 11.7. The van der Waals surface area contributed by atoms with Crippen molar-refractivity contribution in [1.82, 2.24) is 10.3 Å². The summed E-state index contributed by atoms with van der Waals surface area (Å²) in [4.78, 5) is 16.3. The van der Waals surface area contributed by atoms with Crippen LogP contribution in [0.5, 0.6) is 0 Å². The Labute approximate surface area is 168 Å². The number of nitrogens with one attached hydrogen (secondary N) is 3. The molecule has 7 nitrogen and oxygen atoms in total. The van der Waals surface area contributed by atoms with E-state index in [9.17, 15) is 4.79 Å². The van der Waals surface area contributed by atoms with Gasteiger partial charge in [-0.2, -0.15) is 0 Å². The van der Waals surface area contributed by atoms with Gasteiger partial charge in [0, 0.05) is 66.6 Å². The third kappa shape index (κ3) is 6.66. The topological polar surface area (TPSA) is 130 Å². The number of nitrogens with zero attached hydrogens (tertiary/aromatic N) is 1. The molecule has 1 aromatic carbocycles. The van der Waals surface area contributed by atoms with E-state index in [0.717, 1.165) is 36.2 Å². The van der Waals surface area contributed by atoms with Crippen LogP contribution in [0.4, 0.5) is 5.69 Å². The van der Waals surface area contributed by atoms with Crippen molar-refractivity contribution < 1.29 is 4.79 Å². The highest BCUT2D eigenvalue weighted by Crippen LogP contribution is 2.17. The Bertz CT molecular complexity index is 848. The second-order valence-corrected chi connectivity index (χ2v) is 6.54. The number of aromatic nitrogens is 1. The molecule has 0 bridgehead atoms. The zero-order valence-corrected chi connectivity index (χ0v) is 16.2. The fourth-order valence-corrected chi connectivity index (χ4v) is 2.70. The van der Waals surface area contributed by atoms with Crippen LogP contribution in [0.1, 0.15) is 16.7 Å². The Morgan fingerprint density at radius 1 is 1.25 bits per heavy atom. The molecule has 2 rings (SSSR count). The van der Waals surface area contributed by atoms with Gasteiger partial charge in [-0.05, 0) is 35.4 Å². The van der Waals surface area contributed by atoms with E-state index in [1.165, 1.54) is 24.2 Å². The molecule has 28 heavy (non-hydrogen) atoms. The molecule has 2 aromatic rings. The van der Waals surface area contributed by atoms with E-state index in [2.05, 4.69) is 15.6 Å². The summed E-state index contributed by atoms with van der Waals surface area (Å²) in [7, 11) is 0. The number of carbonyl (C=O) groups is 1. The van der Waals surface area contributed by atoms with Gasteiger partial charge in [-0.15, -0.1) is 0 Å². The molecule has 0 aliphatic rings. The number of hydrogen-bond acceptors (Lipinski definition) is 7. The average Bonchev–Trinajstić information content (AvgIpc) is 2.72. The van der Waals surface area contributed by atoms with E-state index < -0.39 is 0 Å². The van der Waals surface area contributed by atoms with Crippen LogP contribution in [-0.4, -0.2) is 29.4 Å². The molecule has 0 aliphatic heterocycles. The number of hydrogen-bond donors (Lipinski definition) is 5. The second-order valence-electron chi connectivity index (χ2n) is 5.80. The van der Waals surface area contributed by atoms with Gasteiger partial charge >= 0.3 is 0 Å². The first-order valence-corrected chi connectivity index (χ1v) is 9.70. The monoisotopic (exact) mass is 396 g/mol. The van der Waals surface area contributed by atoms with Gasteiger partial charge < -0.3 is 21.8 Å². The van der Waals surface area contributed by atoms with Crippen LogP contribution in [0.25, 0.3) is 11.6 Å². The fraction of sp³-hybridized carbons (Fsp3) is 0.150. The number of rotatable bonds is 10. The van der Waals surface area contributed by atoms with E-state index in [1.807, 2.05) is 24.3 Å². The van der Waals surface area contributed by atoms with E-state index >= 15 is 0 Å². The van der Waals surface area contributed by atoms with Gasteiger partial charge in [0.15, 0.2) is 0 Å². The van der Waals surface area contributed by atoms with Gasteiger partial charge in [-0.1, -0.05) is 24.1 Å². The van der Waals surface area contributed by atoms with Crippen molar-refractivity contribution in [2.45, 2.75) is 6.54 Å². The number of benzene rings is 1. The minimum absolute atomic E-state index is 0.256. The number of allylic oxidation sites excluding steroid dienone is 1. The lowest BCUT2D eigenvalue weighted by molar-refractivity contribution is -0.111. The molecule has 0 radical (unpaired) electrons. The van der Waals surface area contributed by atoms with Crippen molar-refractivity contribution in [2.24, 2.45) is 10.9 Å². The summed E-state index contributed by atoms with van der Waals surface area (Å²) in [5.41, 5.74) is 9.39. The zero-order chi connectivity index (χ0) is 20.2. The van der Waals surface area contributed by atoms with E-state index in [1.54, 1.807) is 24.5 Å². The quantitative estimate of drug-likeness (QED) is 0.181. The third-order valence-electron chi connectivity index (χ3n) is 3.86. The van der Waals surface area contributed by atoms with Gasteiger partial charge in [0.2, 0.25) is 5.91 Å². The molecule has 7 N–H and O–H groups in total. The summed E-state index contributed by atoms with van der Waals surface area (Å²) in [6, 6.07) is 9.40. The van der Waals surface area contributed by atoms with Crippen molar-refractivity contribution >= 4 is 41.4 Å². The van der Waals surface area contributed by atoms with Crippen LogP contribution in [0.3, 0.4) is 0 Å². The first-order valence-electron chi connectivity index (χ1n) is 8.65. The van der Waals surface area contributed by atoms with E-state index in [4.69, 9.17) is 16.3 Å². The Kier molecular flexibility index (Phi) is 8.93. The summed E-state index contributed by atoms with van der Waals surface area (Å²) in [6.07, 6.45) is 8.84. The average molecular weight is 397 g/mol. The van der Waals surface area contributed by atoms with Crippen molar-refractivity contribution in [1.29, 1.82) is 5.41 Å². The molecule has 0 unspecified atom stereocenters. The van der Waals surface area contributed by atoms with Crippen LogP contribution in [0.15, 0.2) is 55.0 Å². The molecule has 1 amide bonds. The lowest BCUT2D eigenvalue weighted by Crippen LogP contribution is -2.17. The van der Waals surface area contributed by atoms with Crippen LogP contribution in [0, 0.1) is 5.41 Å². The Hall–Kier alpha value is -2.94. The number of nitrogens with two attached hydrogens (primary N) is 2. The van der Waals surface area contributed by atoms with Gasteiger partial charge in [0.05, 0.1) is 0 Å². The first kappa shape index (κ1) is 21.4. The highest BCUT2D eigenvalue weighted by atomic mass is 32.2. The molecular weight excluding hydrogens is 372 g/mol. The molecular formula is C20H24N6OS. The lowest BCUT2D eigenvalue weighted by atomic mass is 10.0. The smallest absolute Gasteiger partial charge is 0.248 e. The summed E-state index contributed by atoms with van der Waals surface area (Å²) < 4.78 is 0. The van der Waals surface area contributed by atoms with Crippen LogP contribution >= 0.6 is 11.9 Å². The van der Waals surface area contributed by atoms with Gasteiger partial charge in [-0.3, -0.25) is 14.9 Å². The Morgan fingerprint density at radius 3 is 2.71 bits per heavy atom. The summed E-state index contributed by atoms with van der Waals surface area (Å²) in [6.45, 7) is 1.60. The van der Waals surface area contributed by atoms with Gasteiger partial charge in [0.1, 0.15) is 0 Å². The molecule has 0 spiro atoms. The molecule has 0 fully saturated rings. The van der Waals surface area contributed by atoms with Crippen molar-refractivity contribution in [2.75, 3.05) is 17.6 Å². The summed E-state index contributed by atoms with van der Waals surface area (Å²) in [5, 5.41) is 18.9. The molecule has 146 valence electrons. The number of carbonyl (C=O) groups excluding carboxylic acids is 1. The maximum Gasteiger partial charge on any atom is 0.248 e. The zero-order valence-electron chi connectivity index (χ0n) is 15.4. The Balaban J connectivity index is 1.96. The first-order chi connectivity index (χ1) is 13.7. The normalized spacial score (nSPS) is 11.5. The van der Waals surface area contributed by atoms with Crippen molar-refractivity contribution in [3.8, 4) is 0 Å². The maximum absolute atomic E-state index is 12.2. The molecule has 0 saturated carbocycles. The SMILES string of the molecule is N=CC(=CN)c1ccncc1/C=C/C(=O)Nc1ccc(CNCCSN)cc1. The molecule has 1 heterocycles. The minimum Gasteiger partial charge on any atom is -0.404 e. The molecule has 0 aliphatic carbocycles. The van der Waals surface area contributed by atoms with Gasteiger partial charge in [-0.25, -0.2) is 0 Å². The van der Waals surface area contributed by atoms with Crippen LogP contribution in [-0.2, 0) is 11.3 Å². The standard InChI is InChI=1S/C20H24N6OS/c21-11-17(12-22)19-7-8-24-14-16(19)3-6-20(27)26-18-4-1-15(2-5-18)13-25-9-10-28-23/h1-8,11-12,14,21,25H,9-10,13,22-23H2,(H,26,27)/b6-3+,17-12?,21-11?. The molecule has 8 heteroatoms. The largest absolute Gasteiger partial charge is 0.404 e. The predicted octanol–water partition coefficient (Wildman–Crippen LogP) is 2.38. The fourth-order valence-electron chi connectivity index (χ4n) is 2.44. The molecule has 0 atom stereocenters. The molecule has 0 saturated heterocycles. The van der Waals surface area contributed by atoms with E-state index in [0.29, 0.717) is 16.8 Å². The van der Waals surface area contributed by atoms with Crippen molar-refractivity contribution in [3.63, 3.8) is 0 Å². The number of amides is 1. The third-order valence-corrected chi connectivity index (χ3v) is 4.30. The summed E-state index contributed by atoms with van der Waals surface area (Å²) >= 11 is 1.31. The number of anilines is 1. The van der Waals surface area contributed by atoms with Gasteiger partial charge in [0.25, 0.3) is 0 Å². The number of pyridine rings is 1. The van der Waals surface area contributed by atoms with Crippen LogP contribution in [0.2, 0.25) is 0 Å². The minimum atomic E-state index is -0.256. The highest BCUT2D eigenvalue weighted by molar-refractivity contribution is 7.97. The lowest BCUT2D eigenvalue weighted by Gasteiger charge is -2.07. The van der Waals surface area contributed by atoms with Crippen molar-refractivity contribution in [3.05, 3.63) is 71.7 Å². The summed E-state index contributed by atoms with van der Waals surface area (Å²) in [5.74, 6) is 0.607. The maximum atomic E-state index is 12.2. The van der Waals surface area contributed by atoms with Crippen LogP contribution < -0.4 is 21.5 Å². The molecule has 1 aromatic heterocycles.